The van der Waals surface area contributed by atoms with E-state index >= 15 is 8.42 Å². The first-order valence-electron chi connectivity index (χ1n) is 21.0. The fourth-order valence-electron chi connectivity index (χ4n) is 6.32. The van der Waals surface area contributed by atoms with E-state index in [2.05, 4.69) is 25.4 Å². The maximum absolute atomic E-state index is 15.7. The van der Waals surface area contributed by atoms with E-state index in [9.17, 15) is 13.2 Å². The molecule has 17 nitrogen and oxygen atoms in total. The lowest BCUT2D eigenvalue weighted by Gasteiger charge is -2.39. The van der Waals surface area contributed by atoms with Crippen LogP contribution in [0.2, 0.25) is 18.1 Å². The minimum absolute atomic E-state index is 0.0301. The molecule has 5 rings (SSSR count). The number of carbonyl (C=O) groups excluding carboxylic acids is 1. The monoisotopic (exact) mass is 1080 g/mol. The first-order valence-corrected chi connectivity index (χ1v) is 28.0. The molecule has 0 aliphatic carbocycles. The number of benzene rings is 4. The molecule has 0 spiro atoms. The molecule has 0 saturated carbocycles. The summed E-state index contributed by atoms with van der Waals surface area (Å²) < 4.78 is 92.8. The van der Waals surface area contributed by atoms with Crippen LogP contribution in [0.4, 0.5) is 10.5 Å². The molecule has 2 N–H and O–H groups in total. The number of alkyl carbamates (subject to hydrolysis) is 1. The fraction of sp³-hybridized carbons (Fsp3) is 0.422. The van der Waals surface area contributed by atoms with E-state index in [-0.39, 0.29) is 41.7 Å². The fourth-order valence-corrected chi connectivity index (χ4v) is 11.7. The number of nitrogens with zero attached hydrogens (tertiary/aromatic N) is 5. The first kappa shape index (κ1) is 52.2. The summed E-state index contributed by atoms with van der Waals surface area (Å²) in [5.74, 6) is 1.10. The van der Waals surface area contributed by atoms with Crippen molar-refractivity contribution in [1.29, 1.82) is 0 Å². The van der Waals surface area contributed by atoms with Gasteiger partial charge in [0, 0.05) is 22.2 Å². The normalized spacial score (nSPS) is 13.0. The van der Waals surface area contributed by atoms with Gasteiger partial charge in [0.1, 0.15) is 28.8 Å². The van der Waals surface area contributed by atoms with Gasteiger partial charge in [0.25, 0.3) is 0 Å². The predicted octanol–water partition coefficient (Wildman–Crippen LogP) is 8.07. The molecule has 0 radical (unpaired) electrons. The largest absolute Gasteiger partial charge is 0.497 e. The van der Waals surface area contributed by atoms with E-state index in [0.29, 0.717) is 31.9 Å². The van der Waals surface area contributed by atoms with E-state index in [4.69, 9.17) is 23.4 Å². The highest BCUT2D eigenvalue weighted by atomic mass is 127. The molecule has 0 fully saturated rings. The van der Waals surface area contributed by atoms with Crippen LogP contribution in [0.25, 0.3) is 11.4 Å². The summed E-state index contributed by atoms with van der Waals surface area (Å²) in [7, 11) is -7.20. The lowest BCUT2D eigenvalue weighted by Crippen LogP contribution is -2.48. The number of halogens is 1. The molecule has 5 aromatic rings. The molecule has 21 heteroatoms. The Morgan fingerprint density at radius 3 is 1.74 bits per heavy atom. The smallest absolute Gasteiger partial charge is 0.407 e. The van der Waals surface area contributed by atoms with Gasteiger partial charge in [0.2, 0.25) is 25.9 Å². The Bertz CT molecular complexity index is 2610. The zero-order valence-corrected chi connectivity index (χ0v) is 44.0. The lowest BCUT2D eigenvalue weighted by atomic mass is 10.1. The van der Waals surface area contributed by atoms with E-state index in [0.717, 1.165) is 5.56 Å². The van der Waals surface area contributed by atoms with Crippen molar-refractivity contribution in [2.45, 2.75) is 95.8 Å². The third kappa shape index (κ3) is 14.1. The molecule has 1 heterocycles. The van der Waals surface area contributed by atoms with Gasteiger partial charge in [-0.1, -0.05) is 57.2 Å². The van der Waals surface area contributed by atoms with Crippen molar-refractivity contribution in [3.63, 3.8) is 0 Å². The maximum Gasteiger partial charge on any atom is 0.407 e. The van der Waals surface area contributed by atoms with E-state index in [1.165, 1.54) is 29.4 Å². The molecule has 0 bridgehead atoms. The van der Waals surface area contributed by atoms with Crippen molar-refractivity contribution in [2.24, 2.45) is 0 Å². The summed E-state index contributed by atoms with van der Waals surface area (Å²) in [6.07, 6.45) is -1.87. The molecule has 0 saturated heterocycles. The van der Waals surface area contributed by atoms with Crippen molar-refractivity contribution in [3.8, 4) is 28.6 Å². The summed E-state index contributed by atoms with van der Waals surface area (Å²) in [4.78, 5) is 13.7. The standard InChI is InChI=1S/C45H60IN7O10S2Si/c1-44(2,3)47-43(54)62-29-37(63-66(10,11)45(4,5)6)30-64(55,56)50-39-25-24-38(46)40(42-48-51-53(49-42)28-33-16-22-36(61-9)23-17-33)41(39)65(57,58)52(26-31-12-18-34(59-7)19-13-31)27-32-14-20-35(60-8)21-15-32/h12-25,37,50H,26-30H2,1-11H3,(H,47,54)/t37-/m1/s1. The van der Waals surface area contributed by atoms with Gasteiger partial charge >= 0.3 is 6.09 Å². The van der Waals surface area contributed by atoms with E-state index < -0.39 is 63.4 Å². The molecule has 358 valence electrons. The second-order valence-corrected chi connectivity index (χ2v) is 27.7. The summed E-state index contributed by atoms with van der Waals surface area (Å²) >= 11 is 1.99. The third-order valence-corrected chi connectivity index (χ3v) is 19.4. The number of methoxy groups -OCH3 is 3. The second kappa shape index (κ2) is 21.4. The molecule has 0 aliphatic heterocycles. The minimum atomic E-state index is -4.70. The van der Waals surface area contributed by atoms with Crippen molar-refractivity contribution in [3.05, 3.63) is 105 Å². The van der Waals surface area contributed by atoms with Gasteiger partial charge in [-0.3, -0.25) is 4.72 Å². The second-order valence-electron chi connectivity index (χ2n) is 18.1. The van der Waals surface area contributed by atoms with Crippen molar-refractivity contribution in [2.75, 3.05) is 38.4 Å². The van der Waals surface area contributed by atoms with Gasteiger partial charge in [0.05, 0.1) is 51.0 Å². The number of ether oxygens (including phenoxy) is 4. The van der Waals surface area contributed by atoms with Crippen LogP contribution in [0.1, 0.15) is 58.2 Å². The average molecular weight is 1080 g/mol. The SMILES string of the molecule is COc1ccc(CN(Cc2ccc(OC)cc2)S(=O)(=O)c2c(NS(=O)(=O)C[C@@H](COC(=O)NC(C)(C)C)O[Si](C)(C)C(C)(C)C)ccc(I)c2-c2nnn(Cc3ccc(OC)cc3)n2)cc1. The van der Waals surface area contributed by atoms with E-state index in [1.54, 1.807) is 94.6 Å². The van der Waals surface area contributed by atoms with Crippen molar-refractivity contribution >= 4 is 62.7 Å². The Balaban J connectivity index is 1.65. The number of hydrogen-bond acceptors (Lipinski definition) is 13. The number of anilines is 1. The van der Waals surface area contributed by atoms with Crippen molar-refractivity contribution in [1.82, 2.24) is 29.8 Å². The number of carbonyl (C=O) groups is 1. The Morgan fingerprint density at radius 2 is 1.27 bits per heavy atom. The van der Waals surface area contributed by atoms with E-state index in [1.807, 2.05) is 68.6 Å². The number of amides is 1. The Hall–Kier alpha value is -4.81. The molecule has 1 aromatic heterocycles. The summed E-state index contributed by atoms with van der Waals surface area (Å²) in [6, 6.07) is 24.2. The quantitative estimate of drug-likeness (QED) is 0.0560. The van der Waals surface area contributed by atoms with Gasteiger partial charge in [-0.2, -0.15) is 9.10 Å². The van der Waals surface area contributed by atoms with Gasteiger partial charge < -0.3 is 28.7 Å². The van der Waals surface area contributed by atoms with Crippen LogP contribution >= 0.6 is 22.6 Å². The summed E-state index contributed by atoms with van der Waals surface area (Å²) in [5.41, 5.74) is 1.24. The van der Waals surface area contributed by atoms with Gasteiger partial charge in [-0.25, -0.2) is 21.6 Å². The summed E-state index contributed by atoms with van der Waals surface area (Å²) in [6.45, 7) is 14.9. The molecule has 66 heavy (non-hydrogen) atoms. The maximum atomic E-state index is 15.7. The van der Waals surface area contributed by atoms with Crippen LogP contribution in [0.3, 0.4) is 0 Å². The highest BCUT2D eigenvalue weighted by molar-refractivity contribution is 14.1. The Kier molecular flexibility index (Phi) is 16.9. The zero-order chi connectivity index (χ0) is 48.7. The van der Waals surface area contributed by atoms with Crippen LogP contribution in [-0.2, 0) is 48.8 Å². The topological polar surface area (TPSA) is 202 Å². The lowest BCUT2D eigenvalue weighted by molar-refractivity contribution is 0.0804. The number of hydrogen-bond donors (Lipinski definition) is 2. The highest BCUT2D eigenvalue weighted by Crippen LogP contribution is 2.40. The summed E-state index contributed by atoms with van der Waals surface area (Å²) in [5, 5.41) is 15.6. The van der Waals surface area contributed by atoms with Crippen LogP contribution in [0, 0.1) is 3.57 Å². The van der Waals surface area contributed by atoms with Gasteiger partial charge in [0.15, 0.2) is 8.32 Å². The molecule has 1 atom stereocenters. The first-order chi connectivity index (χ1) is 30.8. The van der Waals surface area contributed by atoms with Crippen LogP contribution in [-0.4, -0.2) is 101 Å². The minimum Gasteiger partial charge on any atom is -0.497 e. The molecule has 0 aliphatic rings. The zero-order valence-electron chi connectivity index (χ0n) is 39.2. The number of nitrogens with one attached hydrogen (secondary N) is 2. The van der Waals surface area contributed by atoms with Gasteiger partial charge in [-0.05, 0) is 132 Å². The number of sulfonamides is 2. The van der Waals surface area contributed by atoms with Crippen LogP contribution in [0.5, 0.6) is 17.2 Å². The Labute approximate surface area is 403 Å². The van der Waals surface area contributed by atoms with Crippen LogP contribution < -0.4 is 24.2 Å². The predicted molar refractivity (Wildman–Crippen MR) is 264 cm³/mol. The molecule has 0 unspecified atom stereocenters. The van der Waals surface area contributed by atoms with Crippen LogP contribution in [0.15, 0.2) is 89.8 Å². The Morgan fingerprint density at radius 1 is 0.773 bits per heavy atom. The molecule has 1 amide bonds. The number of tetrazole rings is 1. The average Bonchev–Trinajstić information content (AvgIpc) is 3.70. The number of aromatic nitrogens is 4. The molecule has 4 aromatic carbocycles. The molecular formula is C45H60IN7O10S2Si. The molecular weight excluding hydrogens is 1020 g/mol. The third-order valence-electron chi connectivity index (χ3n) is 10.7. The van der Waals surface area contributed by atoms with Gasteiger partial charge in [-0.15, -0.1) is 10.2 Å². The number of rotatable bonds is 20. The van der Waals surface area contributed by atoms with Crippen molar-refractivity contribution < 1.29 is 45.0 Å². The highest BCUT2D eigenvalue weighted by Gasteiger charge is 2.41.